The maximum Gasteiger partial charge on any atom is 0.261 e. The molecule has 1 heterocycles. The van der Waals surface area contributed by atoms with Crippen LogP contribution in [0.25, 0.3) is 0 Å². The van der Waals surface area contributed by atoms with E-state index in [0.717, 1.165) is 4.31 Å². The third-order valence-corrected chi connectivity index (χ3v) is 5.83. The number of amides is 1. The molecular weight excluding hydrogens is 382 g/mol. The van der Waals surface area contributed by atoms with Gasteiger partial charge in [-0.1, -0.05) is 12.0 Å². The zero-order valence-corrected chi connectivity index (χ0v) is 16.3. The van der Waals surface area contributed by atoms with Gasteiger partial charge in [0, 0.05) is 18.9 Å². The molecule has 1 aromatic heterocycles. The van der Waals surface area contributed by atoms with Gasteiger partial charge in [0.1, 0.15) is 18.4 Å². The number of benzene rings is 1. The van der Waals surface area contributed by atoms with Gasteiger partial charge in [-0.2, -0.15) is 4.31 Å². The van der Waals surface area contributed by atoms with Crippen molar-refractivity contribution in [3.8, 4) is 17.6 Å². The lowest BCUT2D eigenvalue weighted by molar-refractivity contribution is -0.132. The average Bonchev–Trinajstić information content (AvgIpc) is 2.72. The van der Waals surface area contributed by atoms with Crippen LogP contribution in [0.5, 0.6) is 5.75 Å². The molecule has 0 aliphatic heterocycles. The summed E-state index contributed by atoms with van der Waals surface area (Å²) >= 11 is 0. The lowest BCUT2D eigenvalue weighted by atomic mass is 10.2. The van der Waals surface area contributed by atoms with E-state index < -0.39 is 22.0 Å². The molecule has 1 amide bonds. The first-order valence-electron chi connectivity index (χ1n) is 8.37. The molecule has 1 aromatic carbocycles. The average molecular weight is 403 g/mol. The second-order valence-electron chi connectivity index (χ2n) is 5.75. The highest BCUT2D eigenvalue weighted by atomic mass is 32.2. The summed E-state index contributed by atoms with van der Waals surface area (Å²) in [5, 5.41) is 8.93. The highest BCUT2D eigenvalue weighted by molar-refractivity contribution is 7.89. The Balaban J connectivity index is 2.33. The fourth-order valence-electron chi connectivity index (χ4n) is 2.36. The van der Waals surface area contributed by atoms with Crippen molar-refractivity contribution in [3.63, 3.8) is 0 Å². The molecule has 0 aliphatic carbocycles. The summed E-state index contributed by atoms with van der Waals surface area (Å²) in [5.74, 6) is 5.08. The largest absolute Gasteiger partial charge is 0.481 e. The number of rotatable bonds is 8. The summed E-state index contributed by atoms with van der Waals surface area (Å²) in [5.41, 5.74) is 2.10. The van der Waals surface area contributed by atoms with Crippen molar-refractivity contribution >= 4 is 15.9 Å². The van der Waals surface area contributed by atoms with E-state index in [1.807, 2.05) is 0 Å². The molecule has 28 heavy (non-hydrogen) atoms. The van der Waals surface area contributed by atoms with Crippen LogP contribution in [0.1, 0.15) is 19.4 Å². The molecule has 148 valence electrons. The first-order valence-corrected chi connectivity index (χ1v) is 9.81. The lowest BCUT2D eigenvalue weighted by Gasteiger charge is -2.27. The van der Waals surface area contributed by atoms with Crippen molar-refractivity contribution < 1.29 is 23.2 Å². The number of pyridine rings is 1. The van der Waals surface area contributed by atoms with Gasteiger partial charge in [-0.05, 0) is 49.7 Å². The molecule has 0 fully saturated rings. The Bertz CT molecular complexity index is 951. The van der Waals surface area contributed by atoms with E-state index in [1.54, 1.807) is 25.3 Å². The molecule has 0 saturated heterocycles. The number of hydrogen-bond acceptors (Lipinski definition) is 6. The maximum absolute atomic E-state index is 13.2. The van der Waals surface area contributed by atoms with Crippen molar-refractivity contribution in [3.05, 3.63) is 54.4 Å². The number of carbonyl (C=O) groups is 1. The monoisotopic (exact) mass is 403 g/mol. The van der Waals surface area contributed by atoms with Crippen LogP contribution in [0.15, 0.2) is 53.7 Å². The number of aromatic nitrogens is 1. The SMILES string of the molecule is CC#CCOc1ccc(S(=O)(=O)N(Cc2cccnc2)C(C)C(=O)NO)cc1. The van der Waals surface area contributed by atoms with Gasteiger partial charge in [0.2, 0.25) is 10.0 Å². The van der Waals surface area contributed by atoms with E-state index in [-0.39, 0.29) is 18.0 Å². The first kappa shape index (κ1) is 21.4. The highest BCUT2D eigenvalue weighted by Crippen LogP contribution is 2.23. The van der Waals surface area contributed by atoms with E-state index in [0.29, 0.717) is 11.3 Å². The quantitative estimate of drug-likeness (QED) is 0.393. The van der Waals surface area contributed by atoms with Gasteiger partial charge >= 0.3 is 0 Å². The Labute approximate surface area is 164 Å². The van der Waals surface area contributed by atoms with Gasteiger partial charge in [0.15, 0.2) is 0 Å². The minimum atomic E-state index is -4.05. The summed E-state index contributed by atoms with van der Waals surface area (Å²) in [6, 6.07) is 8.04. The van der Waals surface area contributed by atoms with E-state index in [1.165, 1.54) is 42.9 Å². The molecule has 8 nitrogen and oxygen atoms in total. The first-order chi connectivity index (χ1) is 13.4. The Morgan fingerprint density at radius 2 is 2.04 bits per heavy atom. The predicted octanol–water partition coefficient (Wildman–Crippen LogP) is 1.57. The fourth-order valence-corrected chi connectivity index (χ4v) is 3.94. The van der Waals surface area contributed by atoms with Crippen LogP contribution in [0.4, 0.5) is 0 Å². The number of carbonyl (C=O) groups excluding carboxylic acids is 1. The molecule has 0 spiro atoms. The normalized spacial score (nSPS) is 12.0. The van der Waals surface area contributed by atoms with Gasteiger partial charge in [0.25, 0.3) is 5.91 Å². The van der Waals surface area contributed by atoms with Crippen molar-refractivity contribution in [2.24, 2.45) is 0 Å². The molecule has 0 radical (unpaired) electrons. The molecular formula is C19H21N3O5S. The summed E-state index contributed by atoms with van der Waals surface area (Å²) in [6.45, 7) is 3.19. The Hall–Kier alpha value is -2.93. The fraction of sp³-hybridized carbons (Fsp3) is 0.263. The number of hydroxylamine groups is 1. The van der Waals surface area contributed by atoms with Crippen LogP contribution in [0, 0.1) is 11.8 Å². The molecule has 1 unspecified atom stereocenters. The predicted molar refractivity (Wildman–Crippen MR) is 102 cm³/mol. The van der Waals surface area contributed by atoms with Crippen LogP contribution >= 0.6 is 0 Å². The van der Waals surface area contributed by atoms with Crippen molar-refractivity contribution in [2.75, 3.05) is 6.61 Å². The zero-order chi connectivity index (χ0) is 20.6. The van der Waals surface area contributed by atoms with Gasteiger partial charge in [0.05, 0.1) is 4.90 Å². The molecule has 0 bridgehead atoms. The molecule has 1 atom stereocenters. The van der Waals surface area contributed by atoms with Crippen molar-refractivity contribution in [2.45, 2.75) is 31.3 Å². The van der Waals surface area contributed by atoms with Gasteiger partial charge in [-0.25, -0.2) is 13.9 Å². The smallest absolute Gasteiger partial charge is 0.261 e. The van der Waals surface area contributed by atoms with Crippen LogP contribution < -0.4 is 10.2 Å². The Kier molecular flexibility index (Phi) is 7.52. The molecule has 2 aromatic rings. The number of ether oxygens (including phenoxy) is 1. The second kappa shape index (κ2) is 9.85. The third-order valence-electron chi connectivity index (χ3n) is 3.90. The van der Waals surface area contributed by atoms with Gasteiger partial charge in [-0.3, -0.25) is 15.0 Å². The van der Waals surface area contributed by atoms with Crippen molar-refractivity contribution in [1.29, 1.82) is 0 Å². The molecule has 0 aliphatic rings. The molecule has 9 heteroatoms. The van der Waals surface area contributed by atoms with E-state index >= 15 is 0 Å². The summed E-state index contributed by atoms with van der Waals surface area (Å²) in [6.07, 6.45) is 3.08. The van der Waals surface area contributed by atoms with E-state index in [2.05, 4.69) is 16.8 Å². The zero-order valence-electron chi connectivity index (χ0n) is 15.5. The van der Waals surface area contributed by atoms with Crippen LogP contribution in [-0.2, 0) is 21.4 Å². The van der Waals surface area contributed by atoms with Crippen LogP contribution in [0.2, 0.25) is 0 Å². The van der Waals surface area contributed by atoms with Crippen LogP contribution in [-0.4, -0.2) is 41.5 Å². The van der Waals surface area contributed by atoms with Gasteiger partial charge < -0.3 is 4.74 Å². The minimum Gasteiger partial charge on any atom is -0.481 e. The lowest BCUT2D eigenvalue weighted by Crippen LogP contribution is -2.46. The molecule has 2 N–H and O–H groups in total. The number of nitrogens with one attached hydrogen (secondary N) is 1. The minimum absolute atomic E-state index is 0.0112. The maximum atomic E-state index is 13.2. The van der Waals surface area contributed by atoms with Gasteiger partial charge in [-0.15, -0.1) is 5.92 Å². The number of sulfonamides is 1. The molecule has 0 saturated carbocycles. The van der Waals surface area contributed by atoms with Crippen LogP contribution in [0.3, 0.4) is 0 Å². The highest BCUT2D eigenvalue weighted by Gasteiger charge is 2.33. The van der Waals surface area contributed by atoms with Crippen molar-refractivity contribution in [1.82, 2.24) is 14.8 Å². The molecule has 2 rings (SSSR count). The topological polar surface area (TPSA) is 109 Å². The Morgan fingerprint density at radius 1 is 1.32 bits per heavy atom. The summed E-state index contributed by atoms with van der Waals surface area (Å²) in [7, 11) is -4.05. The number of nitrogens with zero attached hydrogens (tertiary/aromatic N) is 2. The summed E-state index contributed by atoms with van der Waals surface area (Å²) in [4.78, 5) is 15.9. The van der Waals surface area contributed by atoms with E-state index in [4.69, 9.17) is 9.94 Å². The third kappa shape index (κ3) is 5.29. The summed E-state index contributed by atoms with van der Waals surface area (Å²) < 4.78 is 32.7. The Morgan fingerprint density at radius 3 is 2.61 bits per heavy atom. The standard InChI is InChI=1S/C19H21N3O5S/c1-3-4-12-27-17-7-9-18(10-8-17)28(25,26)22(15(2)19(23)21-24)14-16-6-5-11-20-13-16/h5-11,13,15,24H,12,14H2,1-2H3,(H,21,23). The number of hydrogen-bond donors (Lipinski definition) is 2. The second-order valence-corrected chi connectivity index (χ2v) is 7.64. The van der Waals surface area contributed by atoms with E-state index in [9.17, 15) is 13.2 Å².